The first kappa shape index (κ1) is 10.8. The van der Waals surface area contributed by atoms with Crippen molar-refractivity contribution in [3.63, 3.8) is 0 Å². The van der Waals surface area contributed by atoms with Gasteiger partial charge in [0.2, 0.25) is 0 Å². The molecule has 0 N–H and O–H groups in total. The minimum atomic E-state index is 0.212. The van der Waals surface area contributed by atoms with Crippen LogP contribution in [-0.4, -0.2) is 11.5 Å². The molecule has 0 bridgehead atoms. The second-order valence-corrected chi connectivity index (χ2v) is 4.16. The summed E-state index contributed by atoms with van der Waals surface area (Å²) in [4.78, 5) is 0. The maximum Gasteiger partial charge on any atom is 0.0661 e. The van der Waals surface area contributed by atoms with Crippen LogP contribution in [0.5, 0.6) is 0 Å². The monoisotopic (exact) mass is 171 g/mol. The topological polar surface area (TPSA) is 23.8 Å². The number of thioether (sulfide) groups is 1. The first-order valence-electron chi connectivity index (χ1n) is 4.18. The molecule has 0 fully saturated rings. The van der Waals surface area contributed by atoms with E-state index in [0.29, 0.717) is 0 Å². The third-order valence-corrected chi connectivity index (χ3v) is 3.23. The second kappa shape index (κ2) is 6.54. The van der Waals surface area contributed by atoms with Crippen LogP contribution in [0.1, 0.15) is 27.2 Å². The Labute approximate surface area is 74.2 Å². The molecule has 0 radical (unpaired) electrons. The molecular weight excluding hydrogens is 154 g/mol. The van der Waals surface area contributed by atoms with Crippen LogP contribution in [0.3, 0.4) is 0 Å². The minimum Gasteiger partial charge on any atom is -0.198 e. The van der Waals surface area contributed by atoms with Gasteiger partial charge in [0, 0.05) is 5.75 Å². The van der Waals surface area contributed by atoms with Crippen LogP contribution in [0.2, 0.25) is 0 Å². The largest absolute Gasteiger partial charge is 0.198 e. The van der Waals surface area contributed by atoms with Crippen LogP contribution < -0.4 is 0 Å². The lowest BCUT2D eigenvalue weighted by molar-refractivity contribution is 0.636. The van der Waals surface area contributed by atoms with Crippen molar-refractivity contribution in [3.05, 3.63) is 0 Å². The quantitative estimate of drug-likeness (QED) is 0.635. The molecule has 2 heteroatoms. The fraction of sp³-hybridized carbons (Fsp3) is 0.889. The second-order valence-electron chi connectivity index (χ2n) is 3.08. The van der Waals surface area contributed by atoms with Gasteiger partial charge in [-0.05, 0) is 18.6 Å². The zero-order valence-corrected chi connectivity index (χ0v) is 8.45. The molecule has 2 unspecified atom stereocenters. The standard InChI is InChI=1S/C9H17NS/c1-4-8(2)6-11-7-9(3)5-10/h8-9H,4,6-7H2,1-3H3. The van der Waals surface area contributed by atoms with Gasteiger partial charge in [-0.2, -0.15) is 17.0 Å². The molecular formula is C9H17NS. The van der Waals surface area contributed by atoms with Gasteiger partial charge >= 0.3 is 0 Å². The van der Waals surface area contributed by atoms with Gasteiger partial charge in [-0.15, -0.1) is 0 Å². The average Bonchev–Trinajstić information content (AvgIpc) is 2.04. The summed E-state index contributed by atoms with van der Waals surface area (Å²) in [6.45, 7) is 6.44. The molecule has 0 aliphatic carbocycles. The van der Waals surface area contributed by atoms with Crippen LogP contribution in [0.4, 0.5) is 0 Å². The summed E-state index contributed by atoms with van der Waals surface area (Å²) in [5, 5.41) is 8.49. The van der Waals surface area contributed by atoms with Gasteiger partial charge in [-0.1, -0.05) is 20.3 Å². The maximum atomic E-state index is 8.49. The molecule has 11 heavy (non-hydrogen) atoms. The van der Waals surface area contributed by atoms with Gasteiger partial charge in [-0.25, -0.2) is 0 Å². The predicted octanol–water partition coefficient (Wildman–Crippen LogP) is 2.93. The summed E-state index contributed by atoms with van der Waals surface area (Å²) in [6, 6.07) is 2.24. The molecule has 0 aliphatic rings. The molecule has 0 aromatic carbocycles. The summed E-state index contributed by atoms with van der Waals surface area (Å²) in [6.07, 6.45) is 1.24. The highest BCUT2D eigenvalue weighted by molar-refractivity contribution is 7.99. The van der Waals surface area contributed by atoms with E-state index < -0.39 is 0 Å². The zero-order valence-electron chi connectivity index (χ0n) is 7.63. The van der Waals surface area contributed by atoms with E-state index in [-0.39, 0.29) is 5.92 Å². The molecule has 0 heterocycles. The molecule has 0 amide bonds. The van der Waals surface area contributed by atoms with Crippen molar-refractivity contribution < 1.29 is 0 Å². The average molecular weight is 171 g/mol. The van der Waals surface area contributed by atoms with Crippen LogP contribution >= 0.6 is 11.8 Å². The molecule has 2 atom stereocenters. The summed E-state index contributed by atoms with van der Waals surface area (Å²) < 4.78 is 0. The van der Waals surface area contributed by atoms with Crippen molar-refractivity contribution in [1.82, 2.24) is 0 Å². The van der Waals surface area contributed by atoms with Crippen molar-refractivity contribution >= 4 is 11.8 Å². The number of nitrogens with zero attached hydrogens (tertiary/aromatic N) is 1. The van der Waals surface area contributed by atoms with Crippen molar-refractivity contribution in [2.45, 2.75) is 27.2 Å². The third kappa shape index (κ3) is 6.25. The Kier molecular flexibility index (Phi) is 6.45. The van der Waals surface area contributed by atoms with E-state index >= 15 is 0 Å². The lowest BCUT2D eigenvalue weighted by atomic mass is 10.2. The Hall–Kier alpha value is -0.160. The third-order valence-electron chi connectivity index (χ3n) is 1.69. The molecule has 64 valence electrons. The van der Waals surface area contributed by atoms with E-state index in [1.165, 1.54) is 12.2 Å². The summed E-state index contributed by atoms with van der Waals surface area (Å²) in [5.41, 5.74) is 0. The van der Waals surface area contributed by atoms with Gasteiger partial charge < -0.3 is 0 Å². The Morgan fingerprint density at radius 3 is 2.45 bits per heavy atom. The van der Waals surface area contributed by atoms with Crippen LogP contribution in [0.25, 0.3) is 0 Å². The van der Waals surface area contributed by atoms with Gasteiger partial charge in [0.05, 0.1) is 12.0 Å². The van der Waals surface area contributed by atoms with E-state index in [9.17, 15) is 0 Å². The van der Waals surface area contributed by atoms with Crippen molar-refractivity contribution in [1.29, 1.82) is 5.26 Å². The molecule has 1 nitrogen and oxygen atoms in total. The summed E-state index contributed by atoms with van der Waals surface area (Å²) in [5.74, 6) is 3.19. The number of rotatable bonds is 5. The maximum absolute atomic E-state index is 8.49. The highest BCUT2D eigenvalue weighted by Gasteiger charge is 2.02. The van der Waals surface area contributed by atoms with Crippen LogP contribution in [0, 0.1) is 23.2 Å². The fourth-order valence-electron chi connectivity index (χ4n) is 0.601. The Morgan fingerprint density at radius 2 is 2.00 bits per heavy atom. The molecule has 0 saturated carbocycles. The number of hydrogen-bond donors (Lipinski definition) is 0. The molecule has 0 aliphatic heterocycles. The highest BCUT2D eigenvalue weighted by atomic mass is 32.2. The lowest BCUT2D eigenvalue weighted by Gasteiger charge is -2.07. The van der Waals surface area contributed by atoms with Gasteiger partial charge in [0.1, 0.15) is 0 Å². The van der Waals surface area contributed by atoms with E-state index in [1.807, 2.05) is 18.7 Å². The zero-order chi connectivity index (χ0) is 8.69. The van der Waals surface area contributed by atoms with Gasteiger partial charge in [0.15, 0.2) is 0 Å². The number of nitriles is 1. The van der Waals surface area contributed by atoms with Gasteiger partial charge in [0.25, 0.3) is 0 Å². The predicted molar refractivity (Wildman–Crippen MR) is 51.6 cm³/mol. The van der Waals surface area contributed by atoms with E-state index in [1.54, 1.807) is 0 Å². The van der Waals surface area contributed by atoms with Crippen LogP contribution in [-0.2, 0) is 0 Å². The first-order valence-corrected chi connectivity index (χ1v) is 5.33. The van der Waals surface area contributed by atoms with Crippen molar-refractivity contribution in [3.8, 4) is 6.07 Å². The van der Waals surface area contributed by atoms with E-state index in [0.717, 1.165) is 11.7 Å². The highest BCUT2D eigenvalue weighted by Crippen LogP contribution is 2.13. The Morgan fingerprint density at radius 1 is 1.36 bits per heavy atom. The van der Waals surface area contributed by atoms with Crippen molar-refractivity contribution in [2.24, 2.45) is 11.8 Å². The smallest absolute Gasteiger partial charge is 0.0661 e. The molecule has 0 rings (SSSR count). The Bertz CT molecular complexity index is 128. The first-order chi connectivity index (χ1) is 5.20. The summed E-state index contributed by atoms with van der Waals surface area (Å²) >= 11 is 1.90. The van der Waals surface area contributed by atoms with E-state index in [2.05, 4.69) is 19.9 Å². The molecule has 0 saturated heterocycles. The van der Waals surface area contributed by atoms with E-state index in [4.69, 9.17) is 5.26 Å². The van der Waals surface area contributed by atoms with Crippen LogP contribution in [0.15, 0.2) is 0 Å². The molecule has 0 aromatic rings. The normalized spacial score (nSPS) is 15.5. The summed E-state index contributed by atoms with van der Waals surface area (Å²) in [7, 11) is 0. The lowest BCUT2D eigenvalue weighted by Crippen LogP contribution is -2.00. The molecule has 0 aromatic heterocycles. The Balaban J connectivity index is 3.21. The fourth-order valence-corrected chi connectivity index (χ4v) is 1.80. The van der Waals surface area contributed by atoms with Crippen molar-refractivity contribution in [2.75, 3.05) is 11.5 Å². The van der Waals surface area contributed by atoms with Gasteiger partial charge in [-0.3, -0.25) is 0 Å². The number of hydrogen-bond acceptors (Lipinski definition) is 2. The minimum absolute atomic E-state index is 0.212. The molecule has 0 spiro atoms. The SMILES string of the molecule is CCC(C)CSCC(C)C#N.